The Labute approximate surface area is 270 Å². The number of carbonyl (C=O) groups excluding carboxylic acids is 2. The molecule has 12 nitrogen and oxygen atoms in total. The smallest absolute Gasteiger partial charge is 0.338 e. The van der Waals surface area contributed by atoms with Gasteiger partial charge in [-0.05, 0) is 62.7 Å². The fraction of sp³-hybridized carbons (Fsp3) is 0.394. The summed E-state index contributed by atoms with van der Waals surface area (Å²) in [5.74, 6) is 1.10. The van der Waals surface area contributed by atoms with Crippen LogP contribution in [0.3, 0.4) is 0 Å². The predicted molar refractivity (Wildman–Crippen MR) is 170 cm³/mol. The Morgan fingerprint density at radius 3 is 2.41 bits per heavy atom. The van der Waals surface area contributed by atoms with Gasteiger partial charge < -0.3 is 33.3 Å². The van der Waals surface area contributed by atoms with Crippen molar-refractivity contribution < 1.29 is 38.0 Å². The molecule has 3 aromatic rings. The van der Waals surface area contributed by atoms with Gasteiger partial charge in [0.1, 0.15) is 17.5 Å². The van der Waals surface area contributed by atoms with Crippen molar-refractivity contribution >= 4 is 29.3 Å². The number of benzene rings is 2. The van der Waals surface area contributed by atoms with Crippen LogP contribution in [0.2, 0.25) is 0 Å². The number of rotatable bonds is 10. The van der Waals surface area contributed by atoms with E-state index in [9.17, 15) is 14.4 Å². The van der Waals surface area contributed by atoms with Crippen molar-refractivity contribution in [2.45, 2.75) is 32.9 Å². The van der Waals surface area contributed by atoms with Crippen LogP contribution in [0.5, 0.6) is 23.0 Å². The molecule has 2 aliphatic heterocycles. The molecule has 2 aromatic carbocycles. The number of allylic oxidation sites excluding steroid dienone is 1. The van der Waals surface area contributed by atoms with Crippen LogP contribution >= 0.6 is 11.3 Å². The highest BCUT2D eigenvalue weighted by atomic mass is 32.1. The van der Waals surface area contributed by atoms with Crippen LogP contribution in [-0.2, 0) is 19.1 Å². The largest absolute Gasteiger partial charge is 0.497 e. The third-order valence-corrected chi connectivity index (χ3v) is 8.50. The number of hydrogen-bond acceptors (Lipinski definition) is 11. The second kappa shape index (κ2) is 14.2. The third kappa shape index (κ3) is 6.80. The molecule has 3 heterocycles. The van der Waals surface area contributed by atoms with Gasteiger partial charge in [-0.1, -0.05) is 17.4 Å². The van der Waals surface area contributed by atoms with Crippen LogP contribution < -0.4 is 33.8 Å². The Bertz CT molecular complexity index is 1840. The number of hydrogen-bond donors (Lipinski definition) is 0. The van der Waals surface area contributed by atoms with Gasteiger partial charge in [0.05, 0.1) is 56.4 Å². The fourth-order valence-corrected chi connectivity index (χ4v) is 6.34. The van der Waals surface area contributed by atoms with E-state index in [1.807, 2.05) is 0 Å². The molecule has 1 fully saturated rings. The van der Waals surface area contributed by atoms with Crippen molar-refractivity contribution in [1.82, 2.24) is 9.47 Å². The minimum absolute atomic E-state index is 0.135. The van der Waals surface area contributed by atoms with Crippen molar-refractivity contribution in [2.75, 3.05) is 54.2 Å². The quantitative estimate of drug-likeness (QED) is 0.304. The van der Waals surface area contributed by atoms with Crippen LogP contribution in [0, 0.1) is 0 Å². The molecule has 2 aliphatic rings. The maximum atomic E-state index is 14.1. The van der Waals surface area contributed by atoms with E-state index in [0.717, 1.165) is 0 Å². The zero-order chi connectivity index (χ0) is 33.0. The molecule has 0 bridgehead atoms. The van der Waals surface area contributed by atoms with Crippen LogP contribution in [-0.4, -0.2) is 81.7 Å². The third-order valence-electron chi connectivity index (χ3n) is 7.52. The summed E-state index contributed by atoms with van der Waals surface area (Å²) in [6.45, 7) is 7.18. The van der Waals surface area contributed by atoms with E-state index in [1.165, 1.54) is 30.1 Å². The highest BCUT2D eigenvalue weighted by Gasteiger charge is 2.36. The minimum atomic E-state index is -0.885. The van der Waals surface area contributed by atoms with Crippen molar-refractivity contribution in [2.24, 2.45) is 4.99 Å². The molecule has 0 radical (unpaired) electrons. The van der Waals surface area contributed by atoms with Crippen LogP contribution in [0.25, 0.3) is 6.08 Å². The summed E-state index contributed by atoms with van der Waals surface area (Å²) in [5.41, 5.74) is 1.53. The minimum Gasteiger partial charge on any atom is -0.497 e. The molecule has 0 N–H and O–H groups in total. The number of morpholine rings is 1. The number of esters is 1. The van der Waals surface area contributed by atoms with Gasteiger partial charge in [-0.2, -0.15) is 0 Å². The first-order valence-electron chi connectivity index (χ1n) is 14.8. The summed E-state index contributed by atoms with van der Waals surface area (Å²) in [6.07, 6.45) is 1.34. The molecular formula is C33H37N3O9S. The summed E-state index contributed by atoms with van der Waals surface area (Å²) < 4.78 is 35.3. The maximum absolute atomic E-state index is 14.1. The van der Waals surface area contributed by atoms with Gasteiger partial charge in [-0.3, -0.25) is 14.2 Å². The van der Waals surface area contributed by atoms with Gasteiger partial charge >= 0.3 is 5.97 Å². The summed E-state index contributed by atoms with van der Waals surface area (Å²) >= 11 is 1.20. The standard InChI is InChI=1S/C33H37N3O9S/c1-19(2)45-32(39)29-20(3)34-33-36(30(29)23-17-22(40-4)8-10-24(23)41-5)31(38)27(46-33)16-21-7-9-25(26(15-21)42-6)44-18-28(37)35-11-13-43-14-12-35/h7-10,15-17,19,30H,11-14,18H2,1-6H3/b27-16-/t30-/m1/s1. The number of amides is 1. The van der Waals surface area contributed by atoms with Crippen molar-refractivity contribution in [3.05, 3.63) is 78.5 Å². The number of fused-ring (bicyclic) bond motifs is 1. The molecule has 1 atom stereocenters. The maximum Gasteiger partial charge on any atom is 0.338 e. The first kappa shape index (κ1) is 32.8. The van der Waals surface area contributed by atoms with Gasteiger partial charge in [-0.15, -0.1) is 0 Å². The van der Waals surface area contributed by atoms with Gasteiger partial charge in [0.25, 0.3) is 11.5 Å². The molecule has 0 aliphatic carbocycles. The van der Waals surface area contributed by atoms with E-state index in [4.69, 9.17) is 28.4 Å². The molecule has 1 aromatic heterocycles. The molecule has 0 saturated carbocycles. The lowest BCUT2D eigenvalue weighted by Crippen LogP contribution is -2.43. The molecular weight excluding hydrogens is 614 g/mol. The number of thiazole rings is 1. The molecule has 244 valence electrons. The van der Waals surface area contributed by atoms with Crippen LogP contribution in [0.15, 0.2) is 57.5 Å². The second-order valence-electron chi connectivity index (χ2n) is 10.8. The summed E-state index contributed by atoms with van der Waals surface area (Å²) in [7, 11) is 4.57. The van der Waals surface area contributed by atoms with E-state index < -0.39 is 12.0 Å². The summed E-state index contributed by atoms with van der Waals surface area (Å²) in [5, 5.41) is 0. The topological polar surface area (TPSA) is 127 Å². The number of aromatic nitrogens is 1. The SMILES string of the molecule is COc1ccc(OC)c([C@@H]2C(C(=O)OC(C)C)=C(C)N=c3s/c(=C\c4ccc(OCC(=O)N5CCOCC5)c(OC)c4)c(=O)n32)c1. The molecule has 13 heteroatoms. The molecule has 0 spiro atoms. The first-order valence-corrected chi connectivity index (χ1v) is 15.6. The average molecular weight is 652 g/mol. The monoisotopic (exact) mass is 651 g/mol. The highest BCUT2D eigenvalue weighted by Crippen LogP contribution is 2.38. The first-order chi connectivity index (χ1) is 22.1. The van der Waals surface area contributed by atoms with E-state index in [-0.39, 0.29) is 29.8 Å². The zero-order valence-electron chi connectivity index (χ0n) is 26.7. The van der Waals surface area contributed by atoms with E-state index in [1.54, 1.807) is 75.3 Å². The Kier molecular flexibility index (Phi) is 10.1. The van der Waals surface area contributed by atoms with Gasteiger partial charge in [0.15, 0.2) is 22.9 Å². The van der Waals surface area contributed by atoms with Crippen LogP contribution in [0.1, 0.15) is 37.9 Å². The van der Waals surface area contributed by atoms with Gasteiger partial charge in [0.2, 0.25) is 0 Å². The van der Waals surface area contributed by atoms with Crippen molar-refractivity contribution in [3.63, 3.8) is 0 Å². The van der Waals surface area contributed by atoms with E-state index >= 15 is 0 Å². The predicted octanol–water partition coefficient (Wildman–Crippen LogP) is 2.45. The number of ether oxygens (including phenoxy) is 6. The van der Waals surface area contributed by atoms with Crippen LogP contribution in [0.4, 0.5) is 0 Å². The Hall–Kier alpha value is -4.62. The zero-order valence-corrected chi connectivity index (χ0v) is 27.5. The van der Waals surface area contributed by atoms with Gasteiger partial charge in [0, 0.05) is 18.7 Å². The molecule has 5 rings (SSSR count). The lowest BCUT2D eigenvalue weighted by Gasteiger charge is -2.26. The lowest BCUT2D eigenvalue weighted by atomic mass is 9.94. The molecule has 1 amide bonds. The number of nitrogens with zero attached hydrogens (tertiary/aromatic N) is 3. The number of methoxy groups -OCH3 is 3. The molecule has 0 unspecified atom stereocenters. The highest BCUT2D eigenvalue weighted by molar-refractivity contribution is 7.07. The lowest BCUT2D eigenvalue weighted by molar-refractivity contribution is -0.143. The Morgan fingerprint density at radius 1 is 1.02 bits per heavy atom. The normalized spacial score (nSPS) is 16.5. The fourth-order valence-electron chi connectivity index (χ4n) is 5.30. The summed E-state index contributed by atoms with van der Waals surface area (Å²) in [6, 6.07) is 9.53. The van der Waals surface area contributed by atoms with E-state index in [2.05, 4.69) is 4.99 Å². The van der Waals surface area contributed by atoms with Gasteiger partial charge in [-0.25, -0.2) is 9.79 Å². The van der Waals surface area contributed by atoms with Crippen molar-refractivity contribution in [3.8, 4) is 23.0 Å². The summed E-state index contributed by atoms with van der Waals surface area (Å²) in [4.78, 5) is 46.9. The Morgan fingerprint density at radius 2 is 1.74 bits per heavy atom. The number of carbonyl (C=O) groups is 2. The molecule has 1 saturated heterocycles. The Balaban J connectivity index is 1.55. The van der Waals surface area contributed by atoms with E-state index in [0.29, 0.717) is 75.5 Å². The second-order valence-corrected chi connectivity index (χ2v) is 11.8. The molecule has 46 heavy (non-hydrogen) atoms. The average Bonchev–Trinajstić information content (AvgIpc) is 3.36. The van der Waals surface area contributed by atoms with Crippen molar-refractivity contribution in [1.29, 1.82) is 0 Å².